The standard InChI is InChI=1S/C5H8N2S.2ClH/c1-4-3-7-5(6-2)8-4;;/h3H,1-2H3,(H,6,7);2*1H. The van der Waals surface area contributed by atoms with Gasteiger partial charge in [-0.25, -0.2) is 4.98 Å². The third kappa shape index (κ3) is 3.25. The summed E-state index contributed by atoms with van der Waals surface area (Å²) in [5.41, 5.74) is 0. The van der Waals surface area contributed by atoms with Gasteiger partial charge in [-0.3, -0.25) is 0 Å². The number of aromatic nitrogens is 1. The Morgan fingerprint density at radius 3 is 2.30 bits per heavy atom. The number of thiazole rings is 1. The molecular weight excluding hydrogens is 191 g/mol. The van der Waals surface area contributed by atoms with Crippen molar-refractivity contribution in [3.63, 3.8) is 0 Å². The molecule has 0 aliphatic rings. The fourth-order valence-corrected chi connectivity index (χ4v) is 1.09. The highest BCUT2D eigenvalue weighted by Gasteiger charge is 1.90. The van der Waals surface area contributed by atoms with Crippen LogP contribution < -0.4 is 5.32 Å². The predicted molar refractivity (Wildman–Crippen MR) is 50.9 cm³/mol. The fourth-order valence-electron chi connectivity index (χ4n) is 0.470. The third-order valence-electron chi connectivity index (χ3n) is 0.835. The zero-order chi connectivity index (χ0) is 5.98. The summed E-state index contributed by atoms with van der Waals surface area (Å²) in [6.45, 7) is 2.04. The van der Waals surface area contributed by atoms with Crippen LogP contribution in [0.3, 0.4) is 0 Å². The van der Waals surface area contributed by atoms with Gasteiger partial charge in [0.05, 0.1) is 0 Å². The molecule has 0 saturated heterocycles. The van der Waals surface area contributed by atoms with Crippen LogP contribution >= 0.6 is 36.2 Å². The van der Waals surface area contributed by atoms with Crippen molar-refractivity contribution < 1.29 is 0 Å². The van der Waals surface area contributed by atoms with Gasteiger partial charge in [0.15, 0.2) is 5.13 Å². The van der Waals surface area contributed by atoms with Crippen molar-refractivity contribution in [3.05, 3.63) is 11.1 Å². The lowest BCUT2D eigenvalue weighted by Crippen LogP contribution is -1.83. The van der Waals surface area contributed by atoms with Crippen LogP contribution in [0.1, 0.15) is 4.88 Å². The van der Waals surface area contributed by atoms with Gasteiger partial charge in [-0.1, -0.05) is 0 Å². The molecule has 0 aliphatic carbocycles. The lowest BCUT2D eigenvalue weighted by Gasteiger charge is -1.84. The van der Waals surface area contributed by atoms with Crippen molar-refractivity contribution in [1.29, 1.82) is 0 Å². The molecule has 0 spiro atoms. The van der Waals surface area contributed by atoms with Crippen molar-refractivity contribution in [2.75, 3.05) is 12.4 Å². The number of halogens is 2. The van der Waals surface area contributed by atoms with Gasteiger partial charge in [0.1, 0.15) is 0 Å². The van der Waals surface area contributed by atoms with Crippen molar-refractivity contribution in [1.82, 2.24) is 4.98 Å². The molecule has 0 amide bonds. The normalized spacial score (nSPS) is 7.40. The molecule has 2 nitrogen and oxygen atoms in total. The van der Waals surface area contributed by atoms with Gasteiger partial charge in [-0.15, -0.1) is 36.2 Å². The molecule has 0 aromatic carbocycles. The summed E-state index contributed by atoms with van der Waals surface area (Å²) in [4.78, 5) is 5.29. The zero-order valence-electron chi connectivity index (χ0n) is 5.75. The molecule has 1 rings (SSSR count). The average Bonchev–Trinajstić information content (AvgIpc) is 2.14. The lowest BCUT2D eigenvalue weighted by atomic mass is 10.7. The first-order chi connectivity index (χ1) is 3.83. The first kappa shape index (κ1) is 12.7. The minimum atomic E-state index is 0. The van der Waals surface area contributed by atoms with E-state index in [-0.39, 0.29) is 24.8 Å². The average molecular weight is 201 g/mol. The third-order valence-corrected chi connectivity index (χ3v) is 1.77. The summed E-state index contributed by atoms with van der Waals surface area (Å²) in [6, 6.07) is 0. The first-order valence-electron chi connectivity index (χ1n) is 2.43. The van der Waals surface area contributed by atoms with Gasteiger partial charge in [0, 0.05) is 18.1 Å². The summed E-state index contributed by atoms with van der Waals surface area (Å²) in [5.74, 6) is 0. The van der Waals surface area contributed by atoms with E-state index < -0.39 is 0 Å². The van der Waals surface area contributed by atoms with E-state index in [1.54, 1.807) is 11.3 Å². The number of nitrogens with zero attached hydrogens (tertiary/aromatic N) is 1. The fraction of sp³-hybridized carbons (Fsp3) is 0.400. The molecule has 0 fully saturated rings. The van der Waals surface area contributed by atoms with Gasteiger partial charge >= 0.3 is 0 Å². The molecule has 1 aromatic rings. The van der Waals surface area contributed by atoms with Crippen LogP contribution in [-0.4, -0.2) is 12.0 Å². The summed E-state index contributed by atoms with van der Waals surface area (Å²) in [6.07, 6.45) is 1.86. The van der Waals surface area contributed by atoms with Crippen molar-refractivity contribution in [3.8, 4) is 0 Å². The minimum Gasteiger partial charge on any atom is -0.365 e. The molecule has 5 heteroatoms. The minimum absolute atomic E-state index is 0. The smallest absolute Gasteiger partial charge is 0.182 e. The SMILES string of the molecule is CNc1ncc(C)s1.Cl.Cl. The summed E-state index contributed by atoms with van der Waals surface area (Å²) >= 11 is 1.67. The number of anilines is 1. The quantitative estimate of drug-likeness (QED) is 0.754. The van der Waals surface area contributed by atoms with E-state index in [1.807, 2.05) is 20.2 Å². The van der Waals surface area contributed by atoms with Crippen LogP contribution in [0.15, 0.2) is 6.20 Å². The molecule has 60 valence electrons. The van der Waals surface area contributed by atoms with Gasteiger partial charge in [0.2, 0.25) is 0 Å². The van der Waals surface area contributed by atoms with Crippen LogP contribution in [0.25, 0.3) is 0 Å². The highest BCUT2D eigenvalue weighted by molar-refractivity contribution is 7.15. The highest BCUT2D eigenvalue weighted by atomic mass is 35.5. The number of rotatable bonds is 1. The predicted octanol–water partition coefficient (Wildman–Crippen LogP) is 2.34. The maximum Gasteiger partial charge on any atom is 0.182 e. The first-order valence-corrected chi connectivity index (χ1v) is 3.25. The van der Waals surface area contributed by atoms with Crippen molar-refractivity contribution in [2.24, 2.45) is 0 Å². The molecule has 1 aromatic heterocycles. The summed E-state index contributed by atoms with van der Waals surface area (Å²) < 4.78 is 0. The maximum absolute atomic E-state index is 4.04. The topological polar surface area (TPSA) is 24.9 Å². The lowest BCUT2D eigenvalue weighted by molar-refractivity contribution is 1.35. The second kappa shape index (κ2) is 5.77. The Balaban J connectivity index is 0. The van der Waals surface area contributed by atoms with Crippen molar-refractivity contribution >= 4 is 41.3 Å². The van der Waals surface area contributed by atoms with Gasteiger partial charge in [-0.05, 0) is 6.92 Å². The van der Waals surface area contributed by atoms with Crippen LogP contribution in [0.4, 0.5) is 5.13 Å². The van der Waals surface area contributed by atoms with E-state index in [4.69, 9.17) is 0 Å². The Kier molecular flexibility index (Phi) is 7.31. The van der Waals surface area contributed by atoms with Gasteiger partial charge < -0.3 is 5.32 Å². The number of hydrogen-bond donors (Lipinski definition) is 1. The van der Waals surface area contributed by atoms with Crippen LogP contribution in [-0.2, 0) is 0 Å². The zero-order valence-corrected chi connectivity index (χ0v) is 8.20. The molecule has 1 N–H and O–H groups in total. The van der Waals surface area contributed by atoms with E-state index in [0.29, 0.717) is 0 Å². The summed E-state index contributed by atoms with van der Waals surface area (Å²) in [7, 11) is 1.87. The molecular formula is C5H10Cl2N2S. The molecule has 10 heavy (non-hydrogen) atoms. The molecule has 0 aliphatic heterocycles. The highest BCUT2D eigenvalue weighted by Crippen LogP contribution is 2.14. The number of aryl methyl sites for hydroxylation is 1. The molecule has 1 heterocycles. The van der Waals surface area contributed by atoms with Crippen LogP contribution in [0, 0.1) is 6.92 Å². The molecule has 0 atom stereocenters. The van der Waals surface area contributed by atoms with Gasteiger partial charge in [0.25, 0.3) is 0 Å². The Morgan fingerprint density at radius 1 is 1.50 bits per heavy atom. The molecule has 0 radical (unpaired) electrons. The second-order valence-electron chi connectivity index (χ2n) is 1.53. The molecule has 0 unspecified atom stereocenters. The van der Waals surface area contributed by atoms with E-state index in [9.17, 15) is 0 Å². The van der Waals surface area contributed by atoms with E-state index >= 15 is 0 Å². The Labute approximate surface area is 76.9 Å². The van der Waals surface area contributed by atoms with Gasteiger partial charge in [-0.2, -0.15) is 0 Å². The van der Waals surface area contributed by atoms with Crippen LogP contribution in [0.2, 0.25) is 0 Å². The van der Waals surface area contributed by atoms with E-state index in [2.05, 4.69) is 10.3 Å². The molecule has 0 bridgehead atoms. The Hall–Kier alpha value is 0.01000. The molecule has 0 saturated carbocycles. The number of nitrogens with one attached hydrogen (secondary N) is 1. The maximum atomic E-state index is 4.04. The van der Waals surface area contributed by atoms with E-state index in [1.165, 1.54) is 4.88 Å². The second-order valence-corrected chi connectivity index (χ2v) is 2.76. The van der Waals surface area contributed by atoms with Crippen LogP contribution in [0.5, 0.6) is 0 Å². The largest absolute Gasteiger partial charge is 0.365 e. The van der Waals surface area contributed by atoms with Crippen molar-refractivity contribution in [2.45, 2.75) is 6.92 Å². The Bertz CT molecular complexity index is 178. The monoisotopic (exact) mass is 200 g/mol. The Morgan fingerprint density at radius 2 is 2.10 bits per heavy atom. The summed E-state index contributed by atoms with van der Waals surface area (Å²) in [5, 5.41) is 3.94. The number of hydrogen-bond acceptors (Lipinski definition) is 3. The van der Waals surface area contributed by atoms with E-state index in [0.717, 1.165) is 5.13 Å².